The third kappa shape index (κ3) is 3.31. The van der Waals surface area contributed by atoms with Crippen LogP contribution in [-0.4, -0.2) is 35.6 Å². The third-order valence-corrected chi connectivity index (χ3v) is 4.33. The van der Waals surface area contributed by atoms with Gasteiger partial charge in [0.25, 0.3) is 0 Å². The van der Waals surface area contributed by atoms with Gasteiger partial charge in [-0.3, -0.25) is 0 Å². The van der Waals surface area contributed by atoms with Crippen molar-refractivity contribution in [3.63, 3.8) is 0 Å². The van der Waals surface area contributed by atoms with Crippen LogP contribution in [0.5, 0.6) is 0 Å². The van der Waals surface area contributed by atoms with E-state index in [9.17, 15) is 0 Å². The Morgan fingerprint density at radius 2 is 2.22 bits per heavy atom. The van der Waals surface area contributed by atoms with Gasteiger partial charge in [-0.25, -0.2) is 4.98 Å². The van der Waals surface area contributed by atoms with Crippen molar-refractivity contribution >= 4 is 15.9 Å². The van der Waals surface area contributed by atoms with Gasteiger partial charge in [-0.2, -0.15) is 0 Å². The van der Waals surface area contributed by atoms with Crippen LogP contribution in [0.25, 0.3) is 0 Å². The molecule has 0 bridgehead atoms. The molecule has 98 valence electrons. The maximum absolute atomic E-state index is 4.43. The summed E-state index contributed by atoms with van der Waals surface area (Å²) in [6, 6.07) is 7.01. The normalized spacial score (nSPS) is 24.6. The van der Waals surface area contributed by atoms with Crippen molar-refractivity contribution < 1.29 is 0 Å². The second kappa shape index (κ2) is 5.68. The molecule has 0 aromatic carbocycles. The Bertz CT molecular complexity index is 406. The quantitative estimate of drug-likeness (QED) is 0.847. The molecule has 1 aromatic rings. The Morgan fingerprint density at radius 3 is 3.00 bits per heavy atom. The zero-order valence-corrected chi connectivity index (χ0v) is 12.2. The molecule has 3 rings (SSSR count). The molecule has 1 aliphatic carbocycles. The Balaban J connectivity index is 1.39. The second-order valence-corrected chi connectivity index (χ2v) is 6.28. The van der Waals surface area contributed by atoms with E-state index in [2.05, 4.69) is 37.2 Å². The molecule has 0 amide bonds. The standard InChI is InChI=1S/C14H20BrN3/c15-14-3-1-2-12(17-14)9-16-8-11-6-7-18(10-11)13-4-5-13/h1-3,11,13,16H,4-10H2. The number of pyridine rings is 1. The van der Waals surface area contributed by atoms with Crippen molar-refractivity contribution in [2.45, 2.75) is 31.8 Å². The van der Waals surface area contributed by atoms with E-state index in [0.717, 1.165) is 35.3 Å². The lowest BCUT2D eigenvalue weighted by Gasteiger charge is -2.15. The molecule has 3 nitrogen and oxygen atoms in total. The molecular weight excluding hydrogens is 290 g/mol. The van der Waals surface area contributed by atoms with Gasteiger partial charge in [-0.1, -0.05) is 6.07 Å². The minimum atomic E-state index is 0.831. The molecule has 4 heteroatoms. The number of hydrogen-bond acceptors (Lipinski definition) is 3. The van der Waals surface area contributed by atoms with Gasteiger partial charge in [0.1, 0.15) is 4.60 Å². The van der Waals surface area contributed by atoms with Crippen LogP contribution in [0.1, 0.15) is 25.0 Å². The number of likely N-dealkylation sites (tertiary alicyclic amines) is 1. The fourth-order valence-corrected chi connectivity index (χ4v) is 3.13. The summed E-state index contributed by atoms with van der Waals surface area (Å²) in [5.41, 5.74) is 1.11. The molecule has 2 aliphatic rings. The predicted molar refractivity (Wildman–Crippen MR) is 76.3 cm³/mol. The molecule has 2 heterocycles. The Kier molecular flexibility index (Phi) is 3.97. The fraction of sp³-hybridized carbons (Fsp3) is 0.643. The zero-order valence-electron chi connectivity index (χ0n) is 10.6. The van der Waals surface area contributed by atoms with E-state index in [0.29, 0.717) is 0 Å². The molecule has 2 fully saturated rings. The fourth-order valence-electron chi connectivity index (χ4n) is 2.75. The van der Waals surface area contributed by atoms with Gasteiger partial charge in [-0.05, 0) is 66.3 Å². The van der Waals surface area contributed by atoms with Crippen LogP contribution in [0.4, 0.5) is 0 Å². The van der Waals surface area contributed by atoms with E-state index in [1.807, 2.05) is 12.1 Å². The first-order valence-electron chi connectivity index (χ1n) is 6.87. The predicted octanol–water partition coefficient (Wildman–Crippen LogP) is 2.42. The molecule has 1 aromatic heterocycles. The summed E-state index contributed by atoms with van der Waals surface area (Å²) in [6.07, 6.45) is 4.22. The highest BCUT2D eigenvalue weighted by molar-refractivity contribution is 9.10. The van der Waals surface area contributed by atoms with E-state index in [1.165, 1.54) is 32.4 Å². The second-order valence-electron chi connectivity index (χ2n) is 5.46. The highest BCUT2D eigenvalue weighted by Gasteiger charge is 2.33. The first-order chi connectivity index (χ1) is 8.81. The molecule has 0 radical (unpaired) electrons. The van der Waals surface area contributed by atoms with Crippen molar-refractivity contribution in [1.29, 1.82) is 0 Å². The smallest absolute Gasteiger partial charge is 0.106 e. The van der Waals surface area contributed by atoms with Gasteiger partial charge < -0.3 is 10.2 Å². The summed E-state index contributed by atoms with van der Waals surface area (Å²) in [6.45, 7) is 4.60. The van der Waals surface area contributed by atoms with Crippen molar-refractivity contribution in [1.82, 2.24) is 15.2 Å². The average Bonchev–Trinajstić information content (AvgIpc) is 3.10. The summed E-state index contributed by atoms with van der Waals surface area (Å²) in [5, 5.41) is 3.54. The average molecular weight is 310 g/mol. The third-order valence-electron chi connectivity index (χ3n) is 3.89. The molecule has 1 saturated heterocycles. The van der Waals surface area contributed by atoms with E-state index in [-0.39, 0.29) is 0 Å². The summed E-state index contributed by atoms with van der Waals surface area (Å²) >= 11 is 3.41. The van der Waals surface area contributed by atoms with Gasteiger partial charge >= 0.3 is 0 Å². The highest BCUT2D eigenvalue weighted by Crippen LogP contribution is 2.31. The van der Waals surface area contributed by atoms with Crippen LogP contribution < -0.4 is 5.32 Å². The van der Waals surface area contributed by atoms with Crippen LogP contribution in [-0.2, 0) is 6.54 Å². The van der Waals surface area contributed by atoms with E-state index in [1.54, 1.807) is 0 Å². The van der Waals surface area contributed by atoms with Crippen molar-refractivity contribution in [3.05, 3.63) is 28.5 Å². The molecule has 1 aliphatic heterocycles. The minimum Gasteiger partial charge on any atom is -0.311 e. The molecular formula is C14H20BrN3. The van der Waals surface area contributed by atoms with Crippen LogP contribution in [0.3, 0.4) is 0 Å². The number of halogens is 1. The zero-order chi connectivity index (χ0) is 12.4. The Labute approximate surface area is 117 Å². The molecule has 1 atom stereocenters. The number of nitrogens with one attached hydrogen (secondary N) is 1. The number of aromatic nitrogens is 1. The summed E-state index contributed by atoms with van der Waals surface area (Å²) in [7, 11) is 0. The first-order valence-corrected chi connectivity index (χ1v) is 7.67. The first kappa shape index (κ1) is 12.6. The Hall–Kier alpha value is -0.450. The van der Waals surface area contributed by atoms with E-state index >= 15 is 0 Å². The van der Waals surface area contributed by atoms with Gasteiger partial charge in [0.05, 0.1) is 5.69 Å². The van der Waals surface area contributed by atoms with E-state index < -0.39 is 0 Å². The van der Waals surface area contributed by atoms with Crippen LogP contribution >= 0.6 is 15.9 Å². The molecule has 1 N–H and O–H groups in total. The van der Waals surface area contributed by atoms with Crippen molar-refractivity contribution in [2.75, 3.05) is 19.6 Å². The largest absolute Gasteiger partial charge is 0.311 e. The summed E-state index contributed by atoms with van der Waals surface area (Å²) in [4.78, 5) is 7.10. The van der Waals surface area contributed by atoms with Crippen LogP contribution in [0, 0.1) is 5.92 Å². The van der Waals surface area contributed by atoms with Crippen LogP contribution in [0.15, 0.2) is 22.8 Å². The summed E-state index contributed by atoms with van der Waals surface area (Å²) < 4.78 is 0.919. The lowest BCUT2D eigenvalue weighted by atomic mass is 10.1. The monoisotopic (exact) mass is 309 g/mol. The topological polar surface area (TPSA) is 28.2 Å². The number of hydrogen-bond donors (Lipinski definition) is 1. The summed E-state index contributed by atoms with van der Waals surface area (Å²) in [5.74, 6) is 0.831. The maximum atomic E-state index is 4.43. The van der Waals surface area contributed by atoms with E-state index in [4.69, 9.17) is 0 Å². The Morgan fingerprint density at radius 1 is 1.33 bits per heavy atom. The van der Waals surface area contributed by atoms with Gasteiger partial charge in [0.15, 0.2) is 0 Å². The van der Waals surface area contributed by atoms with Crippen molar-refractivity contribution in [2.24, 2.45) is 5.92 Å². The number of rotatable bonds is 5. The molecule has 0 spiro atoms. The van der Waals surface area contributed by atoms with Crippen molar-refractivity contribution in [3.8, 4) is 0 Å². The minimum absolute atomic E-state index is 0.831. The molecule has 1 unspecified atom stereocenters. The van der Waals surface area contributed by atoms with Gasteiger partial charge in [0, 0.05) is 19.1 Å². The van der Waals surface area contributed by atoms with Crippen LogP contribution in [0.2, 0.25) is 0 Å². The lowest BCUT2D eigenvalue weighted by Crippen LogP contribution is -2.27. The van der Waals surface area contributed by atoms with Gasteiger partial charge in [0.2, 0.25) is 0 Å². The number of nitrogens with zero attached hydrogens (tertiary/aromatic N) is 2. The highest BCUT2D eigenvalue weighted by atomic mass is 79.9. The molecule has 1 saturated carbocycles. The maximum Gasteiger partial charge on any atom is 0.106 e. The SMILES string of the molecule is Brc1cccc(CNCC2CCN(C3CC3)C2)n1. The van der Waals surface area contributed by atoms with Gasteiger partial charge in [-0.15, -0.1) is 0 Å². The lowest BCUT2D eigenvalue weighted by molar-refractivity contribution is 0.311. The molecule has 18 heavy (non-hydrogen) atoms.